The van der Waals surface area contributed by atoms with E-state index in [0.29, 0.717) is 5.75 Å². The van der Waals surface area contributed by atoms with Crippen molar-refractivity contribution in [2.24, 2.45) is 0 Å². The zero-order chi connectivity index (χ0) is 11.2. The Hall–Kier alpha value is -1.52. The molecule has 0 atom stereocenters. The van der Waals surface area contributed by atoms with E-state index in [9.17, 15) is 5.11 Å². The molecule has 4 nitrogen and oxygen atoms in total. The summed E-state index contributed by atoms with van der Waals surface area (Å²) in [5.74, 6) is 0.367. The molecular weight excluding hydrogens is 238 g/mol. The lowest BCUT2D eigenvalue weighted by Crippen LogP contribution is -2.16. The highest BCUT2D eigenvalue weighted by Gasteiger charge is 1.99. The van der Waals surface area contributed by atoms with Crippen LogP contribution in [0.2, 0.25) is 0 Å². The molecule has 0 aliphatic rings. The molecule has 0 radical (unpaired) electrons. The van der Waals surface area contributed by atoms with E-state index in [2.05, 4.69) is 15.5 Å². The van der Waals surface area contributed by atoms with Gasteiger partial charge in [0.1, 0.15) is 5.75 Å². The average molecular weight is 254 g/mol. The molecule has 1 heterocycles. The topological polar surface area (TPSA) is 60.9 Å². The summed E-state index contributed by atoms with van der Waals surface area (Å²) in [5.41, 5.74) is 2.04. The van der Waals surface area contributed by atoms with Gasteiger partial charge in [-0.25, -0.2) is 0 Å². The first-order valence-electron chi connectivity index (χ1n) is 5.32. The number of H-pyrrole nitrogens is 1. The molecule has 0 aliphatic carbocycles. The average Bonchev–Trinajstić information content (AvgIpc) is 2.79. The zero-order valence-electron chi connectivity index (χ0n) is 9.39. The molecule has 0 spiro atoms. The van der Waals surface area contributed by atoms with Crippen LogP contribution in [0.25, 0.3) is 0 Å². The van der Waals surface area contributed by atoms with Crippen molar-refractivity contribution in [2.75, 3.05) is 6.54 Å². The van der Waals surface area contributed by atoms with Crippen LogP contribution in [0, 0.1) is 0 Å². The van der Waals surface area contributed by atoms with Crippen LogP contribution >= 0.6 is 12.4 Å². The summed E-state index contributed by atoms with van der Waals surface area (Å²) >= 11 is 0. The lowest BCUT2D eigenvalue weighted by molar-refractivity contribution is 0.467. The number of rotatable bonds is 5. The van der Waals surface area contributed by atoms with Gasteiger partial charge < -0.3 is 10.4 Å². The summed E-state index contributed by atoms with van der Waals surface area (Å²) in [6.07, 6.45) is 2.56. The van der Waals surface area contributed by atoms with E-state index < -0.39 is 0 Å². The number of phenols is 1. The van der Waals surface area contributed by atoms with Crippen molar-refractivity contribution >= 4 is 12.4 Å². The van der Waals surface area contributed by atoms with Gasteiger partial charge in [-0.2, -0.15) is 5.10 Å². The predicted octanol–water partition coefficient (Wildman–Crippen LogP) is 1.87. The van der Waals surface area contributed by atoms with Crippen molar-refractivity contribution in [1.29, 1.82) is 0 Å². The summed E-state index contributed by atoms with van der Waals surface area (Å²) in [6.45, 7) is 1.60. The van der Waals surface area contributed by atoms with Crippen LogP contribution in [0.15, 0.2) is 36.5 Å². The van der Waals surface area contributed by atoms with Crippen LogP contribution in [-0.2, 0) is 13.0 Å². The molecule has 5 heteroatoms. The van der Waals surface area contributed by atoms with E-state index in [0.717, 1.165) is 30.8 Å². The van der Waals surface area contributed by atoms with Crippen molar-refractivity contribution in [2.45, 2.75) is 13.0 Å². The minimum atomic E-state index is 0. The Morgan fingerprint density at radius 2 is 2.06 bits per heavy atom. The van der Waals surface area contributed by atoms with E-state index in [-0.39, 0.29) is 12.4 Å². The van der Waals surface area contributed by atoms with E-state index in [1.54, 1.807) is 12.3 Å². The highest BCUT2D eigenvalue weighted by atomic mass is 35.5. The minimum Gasteiger partial charge on any atom is -0.508 e. The van der Waals surface area contributed by atoms with Crippen molar-refractivity contribution in [3.05, 3.63) is 47.8 Å². The molecule has 1 aromatic heterocycles. The molecule has 17 heavy (non-hydrogen) atoms. The molecule has 92 valence electrons. The first-order valence-corrected chi connectivity index (χ1v) is 5.32. The molecule has 0 unspecified atom stereocenters. The number of phenolic OH excluding ortho intramolecular Hbond substituents is 1. The SMILES string of the molecule is Cl.Oc1ccccc1CCNCc1ccn[nH]1. The number of nitrogens with one attached hydrogen (secondary N) is 2. The molecular formula is C12H16ClN3O. The van der Waals surface area contributed by atoms with E-state index in [1.807, 2.05) is 24.3 Å². The second-order valence-electron chi connectivity index (χ2n) is 3.64. The molecule has 3 N–H and O–H groups in total. The third-order valence-electron chi connectivity index (χ3n) is 2.44. The minimum absolute atomic E-state index is 0. The van der Waals surface area contributed by atoms with Crippen molar-refractivity contribution in [3.8, 4) is 5.75 Å². The van der Waals surface area contributed by atoms with E-state index >= 15 is 0 Å². The second kappa shape index (κ2) is 6.93. The van der Waals surface area contributed by atoms with Crippen LogP contribution in [0.3, 0.4) is 0 Å². The maximum absolute atomic E-state index is 9.55. The number of halogens is 1. The number of aromatic amines is 1. The molecule has 2 rings (SSSR count). The summed E-state index contributed by atoms with van der Waals surface area (Å²) in [6, 6.07) is 9.35. The van der Waals surface area contributed by atoms with Gasteiger partial charge in [0.15, 0.2) is 0 Å². The van der Waals surface area contributed by atoms with E-state index in [4.69, 9.17) is 0 Å². The Balaban J connectivity index is 0.00000144. The van der Waals surface area contributed by atoms with Gasteiger partial charge in [-0.1, -0.05) is 18.2 Å². The number of aromatic hydroxyl groups is 1. The standard InChI is InChI=1S/C12H15N3O.ClH/c16-12-4-2-1-3-10(12)5-7-13-9-11-6-8-14-15-11;/h1-4,6,8,13,16H,5,7,9H2,(H,14,15);1H. The molecule has 0 saturated heterocycles. The molecule has 2 aromatic rings. The van der Waals surface area contributed by atoms with Crippen LogP contribution in [-0.4, -0.2) is 21.8 Å². The molecule has 1 aromatic carbocycles. The van der Waals surface area contributed by atoms with E-state index in [1.165, 1.54) is 0 Å². The Morgan fingerprint density at radius 3 is 2.76 bits per heavy atom. The molecule has 0 amide bonds. The quantitative estimate of drug-likeness (QED) is 0.713. The van der Waals surface area contributed by atoms with Gasteiger partial charge in [0.25, 0.3) is 0 Å². The summed E-state index contributed by atoms with van der Waals surface area (Å²) in [4.78, 5) is 0. The second-order valence-corrected chi connectivity index (χ2v) is 3.64. The van der Waals surface area contributed by atoms with Gasteiger partial charge in [-0.3, -0.25) is 5.10 Å². The van der Waals surface area contributed by atoms with Crippen LogP contribution < -0.4 is 5.32 Å². The maximum atomic E-state index is 9.55. The summed E-state index contributed by atoms with van der Waals surface area (Å²) in [5, 5.41) is 19.6. The summed E-state index contributed by atoms with van der Waals surface area (Å²) < 4.78 is 0. The van der Waals surface area contributed by atoms with Crippen molar-refractivity contribution < 1.29 is 5.11 Å². The maximum Gasteiger partial charge on any atom is 0.118 e. The largest absolute Gasteiger partial charge is 0.508 e. The first kappa shape index (κ1) is 13.5. The van der Waals surface area contributed by atoms with Crippen molar-refractivity contribution in [1.82, 2.24) is 15.5 Å². The van der Waals surface area contributed by atoms with Gasteiger partial charge in [-0.05, 0) is 30.7 Å². The van der Waals surface area contributed by atoms with Crippen LogP contribution in [0.1, 0.15) is 11.3 Å². The first-order chi connectivity index (χ1) is 7.86. The van der Waals surface area contributed by atoms with Gasteiger partial charge in [0, 0.05) is 18.4 Å². The van der Waals surface area contributed by atoms with Gasteiger partial charge in [-0.15, -0.1) is 12.4 Å². The van der Waals surface area contributed by atoms with Gasteiger partial charge in [0.05, 0.1) is 0 Å². The van der Waals surface area contributed by atoms with Crippen LogP contribution in [0.4, 0.5) is 0 Å². The number of nitrogens with zero attached hydrogens (tertiary/aromatic N) is 1. The zero-order valence-corrected chi connectivity index (χ0v) is 10.2. The fourth-order valence-electron chi connectivity index (χ4n) is 1.55. The number of aromatic nitrogens is 2. The Labute approximate surface area is 106 Å². The Morgan fingerprint density at radius 1 is 1.24 bits per heavy atom. The fourth-order valence-corrected chi connectivity index (χ4v) is 1.55. The van der Waals surface area contributed by atoms with Gasteiger partial charge >= 0.3 is 0 Å². The summed E-state index contributed by atoms with van der Waals surface area (Å²) in [7, 11) is 0. The lowest BCUT2D eigenvalue weighted by atomic mass is 10.1. The molecule has 0 aliphatic heterocycles. The Bertz CT molecular complexity index is 431. The lowest BCUT2D eigenvalue weighted by Gasteiger charge is -2.05. The van der Waals surface area contributed by atoms with Gasteiger partial charge in [0.2, 0.25) is 0 Å². The smallest absolute Gasteiger partial charge is 0.118 e. The number of para-hydroxylation sites is 1. The number of hydrogen-bond acceptors (Lipinski definition) is 3. The normalized spacial score (nSPS) is 9.88. The number of hydrogen-bond donors (Lipinski definition) is 3. The third kappa shape index (κ3) is 4.09. The third-order valence-corrected chi connectivity index (χ3v) is 2.44. The Kier molecular flexibility index (Phi) is 5.52. The van der Waals surface area contributed by atoms with Crippen LogP contribution in [0.5, 0.6) is 5.75 Å². The molecule has 0 bridgehead atoms. The number of benzene rings is 1. The molecule has 0 saturated carbocycles. The van der Waals surface area contributed by atoms with Crippen molar-refractivity contribution in [3.63, 3.8) is 0 Å². The molecule has 0 fully saturated rings. The highest BCUT2D eigenvalue weighted by Crippen LogP contribution is 2.15. The fraction of sp³-hybridized carbons (Fsp3) is 0.250. The highest BCUT2D eigenvalue weighted by molar-refractivity contribution is 5.85. The monoisotopic (exact) mass is 253 g/mol. The predicted molar refractivity (Wildman–Crippen MR) is 69.4 cm³/mol.